The highest BCUT2D eigenvalue weighted by molar-refractivity contribution is 6.10. The van der Waals surface area contributed by atoms with Gasteiger partial charge in [0.1, 0.15) is 0 Å². The molecule has 8 nitrogen and oxygen atoms in total. The Bertz CT molecular complexity index is 1060. The highest BCUT2D eigenvalue weighted by Gasteiger charge is 2.14. The Hall–Kier alpha value is -4.46. The molecule has 0 saturated carbocycles. The van der Waals surface area contributed by atoms with Crippen molar-refractivity contribution < 1.29 is 28.7 Å². The minimum atomic E-state index is -0.496. The second-order valence-corrected chi connectivity index (χ2v) is 6.59. The largest absolute Gasteiger partial charge is 0.465 e. The molecule has 162 valence electrons. The van der Waals surface area contributed by atoms with Crippen LogP contribution in [0.25, 0.3) is 0 Å². The molecule has 0 aliphatic carbocycles. The maximum Gasteiger partial charge on any atom is 0.337 e. The lowest BCUT2D eigenvalue weighted by atomic mass is 10.1. The molecule has 0 aliphatic heterocycles. The number of amides is 2. The zero-order valence-corrected chi connectivity index (χ0v) is 17.4. The lowest BCUT2D eigenvalue weighted by molar-refractivity contribution is 0.0592. The van der Waals surface area contributed by atoms with Crippen LogP contribution in [0.1, 0.15) is 41.4 Å². The van der Waals surface area contributed by atoms with E-state index < -0.39 is 23.8 Å². The number of nitrogens with one attached hydrogen (secondary N) is 2. The van der Waals surface area contributed by atoms with Crippen molar-refractivity contribution in [3.8, 4) is 0 Å². The first-order valence-electron chi connectivity index (χ1n) is 9.51. The van der Waals surface area contributed by atoms with Crippen LogP contribution in [0.3, 0.4) is 0 Å². The fraction of sp³-hybridized carbons (Fsp3) is 0.0833. The average molecular weight is 432 g/mol. The molecule has 2 N–H and O–H groups in total. The van der Waals surface area contributed by atoms with Crippen LogP contribution in [0.4, 0.5) is 11.4 Å². The number of ether oxygens (including phenoxy) is 2. The number of hydrogen-bond donors (Lipinski definition) is 2. The Kier molecular flexibility index (Phi) is 6.97. The minimum absolute atomic E-state index is 0.329. The normalized spacial score (nSPS) is 10.1. The molecule has 0 radical (unpaired) electrons. The van der Waals surface area contributed by atoms with Crippen molar-refractivity contribution in [2.45, 2.75) is 0 Å². The van der Waals surface area contributed by atoms with Crippen LogP contribution in [-0.2, 0) is 9.47 Å². The summed E-state index contributed by atoms with van der Waals surface area (Å²) in [5, 5.41) is 5.49. The molecule has 3 aromatic carbocycles. The van der Waals surface area contributed by atoms with Gasteiger partial charge in [0.2, 0.25) is 0 Å². The smallest absolute Gasteiger partial charge is 0.337 e. The Balaban J connectivity index is 1.73. The van der Waals surface area contributed by atoms with E-state index in [0.717, 1.165) is 0 Å². The van der Waals surface area contributed by atoms with Crippen molar-refractivity contribution in [3.05, 3.63) is 95.1 Å². The number of esters is 2. The summed E-state index contributed by atoms with van der Waals surface area (Å²) in [5.41, 5.74) is 2.11. The van der Waals surface area contributed by atoms with Gasteiger partial charge in [-0.2, -0.15) is 0 Å². The van der Waals surface area contributed by atoms with Gasteiger partial charge in [0.15, 0.2) is 0 Å². The van der Waals surface area contributed by atoms with Crippen molar-refractivity contribution in [2.75, 3.05) is 24.9 Å². The van der Waals surface area contributed by atoms with E-state index in [-0.39, 0.29) is 0 Å². The summed E-state index contributed by atoms with van der Waals surface area (Å²) in [4.78, 5) is 48.3. The number of benzene rings is 3. The van der Waals surface area contributed by atoms with E-state index in [1.807, 2.05) is 0 Å². The second kappa shape index (κ2) is 10.0. The third kappa shape index (κ3) is 5.17. The van der Waals surface area contributed by atoms with Crippen LogP contribution in [0.2, 0.25) is 0 Å². The third-order valence-electron chi connectivity index (χ3n) is 4.56. The molecule has 0 heterocycles. The molecule has 0 aromatic heterocycles. The van der Waals surface area contributed by atoms with Crippen molar-refractivity contribution in [1.29, 1.82) is 0 Å². The van der Waals surface area contributed by atoms with Crippen LogP contribution < -0.4 is 10.6 Å². The van der Waals surface area contributed by atoms with Crippen molar-refractivity contribution in [3.63, 3.8) is 0 Å². The first-order valence-corrected chi connectivity index (χ1v) is 9.51. The summed E-state index contributed by atoms with van der Waals surface area (Å²) in [5.74, 6) is -1.81. The molecule has 0 atom stereocenters. The van der Waals surface area contributed by atoms with Crippen LogP contribution in [0.5, 0.6) is 0 Å². The van der Waals surface area contributed by atoms with Crippen LogP contribution in [0.15, 0.2) is 72.8 Å². The lowest BCUT2D eigenvalue weighted by Gasteiger charge is -2.13. The average Bonchev–Trinajstić information content (AvgIpc) is 2.84. The number of para-hydroxylation sites is 2. The van der Waals surface area contributed by atoms with Crippen LogP contribution >= 0.6 is 0 Å². The second-order valence-electron chi connectivity index (χ2n) is 6.59. The molecule has 8 heteroatoms. The van der Waals surface area contributed by atoms with Crippen molar-refractivity contribution in [2.24, 2.45) is 0 Å². The van der Waals surface area contributed by atoms with Gasteiger partial charge in [-0.1, -0.05) is 12.1 Å². The highest BCUT2D eigenvalue weighted by Crippen LogP contribution is 2.23. The molecule has 0 aliphatic rings. The summed E-state index contributed by atoms with van der Waals surface area (Å²) in [7, 11) is 2.56. The van der Waals surface area contributed by atoms with E-state index in [1.54, 1.807) is 24.3 Å². The first kappa shape index (κ1) is 22.2. The zero-order chi connectivity index (χ0) is 23.1. The van der Waals surface area contributed by atoms with Gasteiger partial charge in [0.25, 0.3) is 11.8 Å². The van der Waals surface area contributed by atoms with E-state index in [4.69, 9.17) is 0 Å². The Morgan fingerprint density at radius 3 is 1.16 bits per heavy atom. The molecule has 0 bridgehead atoms. The van der Waals surface area contributed by atoms with E-state index in [1.165, 1.54) is 62.8 Å². The van der Waals surface area contributed by atoms with Crippen molar-refractivity contribution in [1.82, 2.24) is 0 Å². The maximum atomic E-state index is 12.6. The number of rotatable bonds is 6. The lowest BCUT2D eigenvalue weighted by Crippen LogP contribution is -2.17. The molecule has 3 aromatic rings. The van der Waals surface area contributed by atoms with Crippen molar-refractivity contribution >= 4 is 35.1 Å². The first-order chi connectivity index (χ1) is 15.4. The predicted octanol–water partition coefficient (Wildman–Crippen LogP) is 3.76. The van der Waals surface area contributed by atoms with Gasteiger partial charge in [0.05, 0.1) is 36.7 Å². The van der Waals surface area contributed by atoms with Gasteiger partial charge < -0.3 is 20.1 Å². The molecule has 3 rings (SSSR count). The fourth-order valence-corrected chi connectivity index (χ4v) is 2.84. The van der Waals surface area contributed by atoms with E-state index in [9.17, 15) is 19.2 Å². The molecule has 0 unspecified atom stereocenters. The maximum absolute atomic E-state index is 12.6. The number of carbonyl (C=O) groups is 4. The van der Waals surface area contributed by atoms with E-state index in [2.05, 4.69) is 20.1 Å². The Morgan fingerprint density at radius 2 is 0.844 bits per heavy atom. The van der Waals surface area contributed by atoms with Gasteiger partial charge in [0, 0.05) is 11.1 Å². The number of hydrogen-bond acceptors (Lipinski definition) is 6. The topological polar surface area (TPSA) is 111 Å². The summed E-state index contributed by atoms with van der Waals surface area (Å²) in [6, 6.07) is 18.7. The molecule has 32 heavy (non-hydrogen) atoms. The molecule has 0 saturated heterocycles. The minimum Gasteiger partial charge on any atom is -0.465 e. The van der Waals surface area contributed by atoms with Gasteiger partial charge in [-0.3, -0.25) is 9.59 Å². The summed E-state index contributed by atoms with van der Waals surface area (Å²) >= 11 is 0. The summed E-state index contributed by atoms with van der Waals surface area (Å²) in [6.07, 6.45) is 0. The number of carbonyl (C=O) groups excluding carboxylic acids is 4. The summed E-state index contributed by atoms with van der Waals surface area (Å²) < 4.78 is 9.29. The van der Waals surface area contributed by atoms with E-state index >= 15 is 0 Å². The molecular weight excluding hydrogens is 412 g/mol. The standard InChI is InChI=1S/C24H20N2O6/c1-31-23(29)17-11-7-15(8-12-17)21(27)25-19-5-3-4-6-20(19)26-22(28)16-9-13-18(14-10-16)24(30)32-2/h3-14H,1-2H3,(H,25,27)(H,26,28). The van der Waals surface area contributed by atoms with Gasteiger partial charge >= 0.3 is 11.9 Å². The number of anilines is 2. The van der Waals surface area contributed by atoms with Gasteiger partial charge in [-0.15, -0.1) is 0 Å². The monoisotopic (exact) mass is 432 g/mol. The highest BCUT2D eigenvalue weighted by atomic mass is 16.5. The van der Waals surface area contributed by atoms with Gasteiger partial charge in [-0.05, 0) is 60.7 Å². The quantitative estimate of drug-likeness (QED) is 0.574. The molecule has 2 amide bonds. The zero-order valence-electron chi connectivity index (χ0n) is 17.4. The fourth-order valence-electron chi connectivity index (χ4n) is 2.84. The van der Waals surface area contributed by atoms with Crippen LogP contribution in [-0.4, -0.2) is 38.0 Å². The molecular formula is C24H20N2O6. The Morgan fingerprint density at radius 1 is 0.531 bits per heavy atom. The summed E-state index contributed by atoms with van der Waals surface area (Å²) in [6.45, 7) is 0. The van der Waals surface area contributed by atoms with Gasteiger partial charge in [-0.25, -0.2) is 9.59 Å². The van der Waals surface area contributed by atoms with Crippen LogP contribution in [0, 0.1) is 0 Å². The SMILES string of the molecule is COC(=O)c1ccc(C(=O)Nc2ccccc2NC(=O)c2ccc(C(=O)OC)cc2)cc1. The predicted molar refractivity (Wildman–Crippen MR) is 118 cm³/mol. The molecule has 0 fully saturated rings. The van der Waals surface area contributed by atoms with E-state index in [0.29, 0.717) is 33.6 Å². The number of methoxy groups -OCH3 is 2. The third-order valence-corrected chi connectivity index (χ3v) is 4.56. The Labute approximate surface area is 184 Å². The molecule has 0 spiro atoms.